The molecule has 2 heterocycles. The van der Waals surface area contributed by atoms with E-state index in [2.05, 4.69) is 39.2 Å². The summed E-state index contributed by atoms with van der Waals surface area (Å²) in [6.07, 6.45) is 0.883. The van der Waals surface area contributed by atoms with Crippen molar-refractivity contribution >= 4 is 44.9 Å². The summed E-state index contributed by atoms with van der Waals surface area (Å²) in [7, 11) is 0. The van der Waals surface area contributed by atoms with E-state index in [1.54, 1.807) is 11.3 Å². The third kappa shape index (κ3) is 5.89. The fourth-order valence-corrected chi connectivity index (χ4v) is 5.21. The molecule has 1 amide bonds. The normalized spacial score (nSPS) is 12.1. The Morgan fingerprint density at radius 3 is 2.74 bits per heavy atom. The predicted molar refractivity (Wildman–Crippen MR) is 132 cm³/mol. The summed E-state index contributed by atoms with van der Waals surface area (Å²) in [5, 5.41) is 3.49. The molecule has 2 N–H and O–H groups in total. The number of hydrogen-bond acceptors (Lipinski definition) is 6. The zero-order valence-corrected chi connectivity index (χ0v) is 20.2. The number of fused-ring (bicyclic) bond motifs is 1. The van der Waals surface area contributed by atoms with E-state index in [4.69, 9.17) is 0 Å². The number of thioether (sulfide) groups is 1. The zero-order chi connectivity index (χ0) is 22.4. The van der Waals surface area contributed by atoms with Gasteiger partial charge in [0, 0.05) is 30.2 Å². The highest BCUT2D eigenvalue weighted by molar-refractivity contribution is 7.99. The molecule has 0 radical (unpaired) electrons. The van der Waals surface area contributed by atoms with Gasteiger partial charge in [0.15, 0.2) is 0 Å². The molecule has 0 saturated heterocycles. The molecule has 0 fully saturated rings. The lowest BCUT2D eigenvalue weighted by Gasteiger charge is -2.23. The number of anilines is 1. The van der Waals surface area contributed by atoms with Crippen molar-refractivity contribution in [2.45, 2.75) is 45.1 Å². The number of para-hydroxylation sites is 1. The van der Waals surface area contributed by atoms with Crippen LogP contribution in [0.2, 0.25) is 0 Å². The number of hydrogen-bond donors (Lipinski definition) is 2. The summed E-state index contributed by atoms with van der Waals surface area (Å²) in [5.74, 6) is 1.12. The van der Waals surface area contributed by atoms with Gasteiger partial charge in [0.1, 0.15) is 10.7 Å². The van der Waals surface area contributed by atoms with E-state index in [-0.39, 0.29) is 16.7 Å². The SMILES string of the molecule is CCN(CCCNC(=O)[C@@H](C)SCc1nc2sc(C)c(C)c2c(=O)[nH]1)c1ccccc1. The van der Waals surface area contributed by atoms with Gasteiger partial charge in [-0.2, -0.15) is 0 Å². The summed E-state index contributed by atoms with van der Waals surface area (Å²) in [6, 6.07) is 10.3. The number of aromatic amines is 1. The van der Waals surface area contributed by atoms with Gasteiger partial charge >= 0.3 is 0 Å². The minimum Gasteiger partial charge on any atom is -0.372 e. The van der Waals surface area contributed by atoms with Crippen LogP contribution in [0, 0.1) is 13.8 Å². The molecular formula is C23H30N4O2S2. The first-order valence-electron chi connectivity index (χ1n) is 10.6. The van der Waals surface area contributed by atoms with Crippen LogP contribution >= 0.6 is 23.1 Å². The molecule has 2 aromatic heterocycles. The molecule has 0 saturated carbocycles. The highest BCUT2D eigenvalue weighted by Gasteiger charge is 2.16. The fourth-order valence-electron chi connectivity index (χ4n) is 3.38. The Balaban J connectivity index is 1.45. The van der Waals surface area contributed by atoms with Crippen LogP contribution in [-0.4, -0.2) is 40.8 Å². The van der Waals surface area contributed by atoms with E-state index >= 15 is 0 Å². The van der Waals surface area contributed by atoms with Crippen molar-refractivity contribution in [2.75, 3.05) is 24.5 Å². The topological polar surface area (TPSA) is 78.1 Å². The second-order valence-corrected chi connectivity index (χ2v) is 10.0. The molecule has 0 aliphatic rings. The second kappa shape index (κ2) is 10.8. The lowest BCUT2D eigenvalue weighted by molar-refractivity contribution is -0.120. The van der Waals surface area contributed by atoms with E-state index in [0.29, 0.717) is 23.5 Å². The smallest absolute Gasteiger partial charge is 0.259 e. The highest BCUT2D eigenvalue weighted by Crippen LogP contribution is 2.26. The Labute approximate surface area is 191 Å². The monoisotopic (exact) mass is 458 g/mol. The van der Waals surface area contributed by atoms with Gasteiger partial charge in [-0.3, -0.25) is 9.59 Å². The van der Waals surface area contributed by atoms with Crippen LogP contribution in [-0.2, 0) is 10.5 Å². The number of rotatable bonds is 10. The highest BCUT2D eigenvalue weighted by atomic mass is 32.2. The molecule has 1 atom stereocenters. The van der Waals surface area contributed by atoms with Crippen molar-refractivity contribution in [1.29, 1.82) is 0 Å². The van der Waals surface area contributed by atoms with E-state index in [1.807, 2.05) is 39.0 Å². The predicted octanol–water partition coefficient (Wildman–Crippen LogP) is 4.26. The summed E-state index contributed by atoms with van der Waals surface area (Å²) in [5.41, 5.74) is 2.10. The fraction of sp³-hybridized carbons (Fsp3) is 0.435. The summed E-state index contributed by atoms with van der Waals surface area (Å²) < 4.78 is 0. The Bertz CT molecular complexity index is 1080. The number of amides is 1. The van der Waals surface area contributed by atoms with Crippen molar-refractivity contribution in [1.82, 2.24) is 15.3 Å². The third-order valence-corrected chi connectivity index (χ3v) is 7.59. The molecule has 3 aromatic rings. The van der Waals surface area contributed by atoms with Crippen molar-refractivity contribution in [3.05, 3.63) is 57.0 Å². The minimum absolute atomic E-state index is 0.0130. The Morgan fingerprint density at radius 2 is 2.03 bits per heavy atom. The quantitative estimate of drug-likeness (QED) is 0.444. The lowest BCUT2D eigenvalue weighted by atomic mass is 10.2. The molecule has 3 rings (SSSR count). The van der Waals surface area contributed by atoms with Crippen molar-refractivity contribution in [3.8, 4) is 0 Å². The number of thiophene rings is 1. The minimum atomic E-state index is -0.218. The van der Waals surface area contributed by atoms with Crippen LogP contribution in [0.5, 0.6) is 0 Å². The standard InChI is InChI=1S/C23H30N4O2S2/c1-5-27(18-10-7-6-8-11-18)13-9-12-24-21(28)17(4)30-14-19-25-22(29)20-15(2)16(3)31-23(20)26-19/h6-8,10-11,17H,5,9,12-14H2,1-4H3,(H,24,28)(H,25,26,29)/t17-/m1/s1. The molecule has 31 heavy (non-hydrogen) atoms. The van der Waals surface area contributed by atoms with Crippen LogP contribution in [0.1, 0.15) is 36.5 Å². The van der Waals surface area contributed by atoms with E-state index < -0.39 is 0 Å². The average molecular weight is 459 g/mol. The Kier molecular flexibility index (Phi) is 8.15. The number of benzene rings is 1. The molecule has 6 nitrogen and oxygen atoms in total. The first-order chi connectivity index (χ1) is 14.9. The second-order valence-electron chi connectivity index (χ2n) is 7.49. The molecule has 0 unspecified atom stereocenters. The van der Waals surface area contributed by atoms with Gasteiger partial charge in [-0.1, -0.05) is 18.2 Å². The van der Waals surface area contributed by atoms with E-state index in [9.17, 15) is 9.59 Å². The van der Waals surface area contributed by atoms with Gasteiger partial charge < -0.3 is 15.2 Å². The van der Waals surface area contributed by atoms with Crippen LogP contribution in [0.15, 0.2) is 35.1 Å². The average Bonchev–Trinajstić information content (AvgIpc) is 3.06. The van der Waals surface area contributed by atoms with Gasteiger partial charge in [-0.05, 0) is 51.8 Å². The van der Waals surface area contributed by atoms with Gasteiger partial charge in [0.2, 0.25) is 5.91 Å². The number of H-pyrrole nitrogens is 1. The van der Waals surface area contributed by atoms with Gasteiger partial charge in [-0.25, -0.2) is 4.98 Å². The molecule has 0 spiro atoms. The van der Waals surface area contributed by atoms with Crippen molar-refractivity contribution in [3.63, 3.8) is 0 Å². The van der Waals surface area contributed by atoms with E-state index in [1.165, 1.54) is 17.4 Å². The van der Waals surface area contributed by atoms with E-state index in [0.717, 1.165) is 34.8 Å². The van der Waals surface area contributed by atoms with Gasteiger partial charge in [0.25, 0.3) is 5.56 Å². The first-order valence-corrected chi connectivity index (χ1v) is 12.5. The first kappa shape index (κ1) is 23.3. The van der Waals surface area contributed by atoms with Crippen LogP contribution < -0.4 is 15.8 Å². The number of nitrogens with zero attached hydrogens (tertiary/aromatic N) is 2. The number of nitrogens with one attached hydrogen (secondary N) is 2. The van der Waals surface area contributed by atoms with Crippen LogP contribution in [0.3, 0.4) is 0 Å². The summed E-state index contributed by atoms with van der Waals surface area (Å²) in [6.45, 7) is 10.4. The number of aromatic nitrogens is 2. The van der Waals surface area contributed by atoms with Gasteiger partial charge in [0.05, 0.1) is 16.4 Å². The molecule has 1 aromatic carbocycles. The maximum atomic E-state index is 12.4. The molecule has 0 aliphatic carbocycles. The van der Waals surface area contributed by atoms with Gasteiger partial charge in [-0.15, -0.1) is 23.1 Å². The molecule has 0 bridgehead atoms. The largest absolute Gasteiger partial charge is 0.372 e. The number of carbonyl (C=O) groups excluding carboxylic acids is 1. The molecule has 8 heteroatoms. The third-order valence-electron chi connectivity index (χ3n) is 5.33. The van der Waals surface area contributed by atoms with Crippen molar-refractivity contribution in [2.24, 2.45) is 0 Å². The maximum Gasteiger partial charge on any atom is 0.259 e. The summed E-state index contributed by atoms with van der Waals surface area (Å²) in [4.78, 5) is 36.5. The zero-order valence-electron chi connectivity index (χ0n) is 18.5. The Morgan fingerprint density at radius 1 is 1.29 bits per heavy atom. The molecule has 0 aliphatic heterocycles. The molecule has 166 valence electrons. The lowest BCUT2D eigenvalue weighted by Crippen LogP contribution is -2.34. The Hall–Kier alpha value is -2.32. The maximum absolute atomic E-state index is 12.4. The molecular weight excluding hydrogens is 428 g/mol. The van der Waals surface area contributed by atoms with Crippen LogP contribution in [0.25, 0.3) is 10.2 Å². The number of carbonyl (C=O) groups is 1. The van der Waals surface area contributed by atoms with Crippen molar-refractivity contribution < 1.29 is 4.79 Å². The number of aryl methyl sites for hydroxylation is 2. The van der Waals surface area contributed by atoms with Crippen LogP contribution in [0.4, 0.5) is 5.69 Å². The summed E-state index contributed by atoms with van der Waals surface area (Å²) >= 11 is 3.02.